The van der Waals surface area contributed by atoms with Gasteiger partial charge in [-0.05, 0) is 13.3 Å². The second-order valence-corrected chi connectivity index (χ2v) is 1.97. The lowest BCUT2D eigenvalue weighted by Crippen LogP contribution is -2.08. The minimum Gasteiger partial charge on any atom is -0.393 e. The van der Waals surface area contributed by atoms with Crippen LogP contribution in [0.4, 0.5) is 0 Å². The molecule has 0 aliphatic rings. The van der Waals surface area contributed by atoms with Crippen LogP contribution in [0.1, 0.15) is 26.7 Å². The predicted octanol–water partition coefficient (Wildman–Crippen LogP) is 0.736. The van der Waals surface area contributed by atoms with Gasteiger partial charge < -0.3 is 5.11 Å². The maximum Gasteiger partial charge on any atom is 0.132 e. The summed E-state index contributed by atoms with van der Waals surface area (Å²) in [6.45, 7) is 3.34. The smallest absolute Gasteiger partial charge is 0.132 e. The molecule has 1 unspecified atom stereocenters. The van der Waals surface area contributed by atoms with Crippen molar-refractivity contribution in [3.05, 3.63) is 0 Å². The Kier molecular flexibility index (Phi) is 3.44. The molecule has 1 N–H and O–H groups in total. The largest absolute Gasteiger partial charge is 0.393 e. The van der Waals surface area contributed by atoms with Gasteiger partial charge in [0, 0.05) is 6.42 Å². The highest BCUT2D eigenvalue weighted by atomic mass is 16.3. The summed E-state index contributed by atoms with van der Waals surface area (Å²) < 4.78 is 0. The van der Waals surface area contributed by atoms with Crippen LogP contribution >= 0.6 is 0 Å². The number of rotatable bonds is 3. The molecule has 0 bridgehead atoms. The monoisotopic (exact) mass is 116 g/mol. The van der Waals surface area contributed by atoms with E-state index in [1.54, 1.807) is 0 Å². The Morgan fingerprint density at radius 1 is 1.75 bits per heavy atom. The Morgan fingerprint density at radius 3 is 2.38 bits per heavy atom. The fourth-order valence-electron chi connectivity index (χ4n) is 0.476. The van der Waals surface area contributed by atoms with Crippen LogP contribution < -0.4 is 0 Å². The number of ketones is 1. The lowest BCUT2D eigenvalue weighted by Gasteiger charge is -2.01. The summed E-state index contributed by atoms with van der Waals surface area (Å²) in [7, 11) is 0. The number of hydrogen-bond acceptors (Lipinski definition) is 2. The van der Waals surface area contributed by atoms with Gasteiger partial charge in [-0.1, -0.05) is 6.92 Å². The van der Waals surface area contributed by atoms with Gasteiger partial charge in [-0.3, -0.25) is 4.79 Å². The minimum atomic E-state index is -0.424. The summed E-state index contributed by atoms with van der Waals surface area (Å²) in [4.78, 5) is 10.3. The first kappa shape index (κ1) is 7.63. The molecule has 8 heavy (non-hydrogen) atoms. The van der Waals surface area contributed by atoms with Crippen molar-refractivity contribution in [1.29, 1.82) is 0 Å². The fraction of sp³-hybridized carbons (Fsp3) is 0.833. The molecule has 0 saturated carbocycles. The number of Topliss-reactive ketones (excluding diaryl/α,β-unsaturated/α-hetero) is 1. The molecule has 0 radical (unpaired) electrons. The van der Waals surface area contributed by atoms with E-state index in [2.05, 4.69) is 0 Å². The summed E-state index contributed by atoms with van der Waals surface area (Å²) in [5, 5.41) is 8.81. The normalized spacial score (nSPS) is 13.4. The van der Waals surface area contributed by atoms with E-state index in [1.807, 2.05) is 6.92 Å². The van der Waals surface area contributed by atoms with Gasteiger partial charge >= 0.3 is 0 Å². The van der Waals surface area contributed by atoms with Crippen molar-refractivity contribution >= 4 is 5.78 Å². The molecule has 0 aromatic carbocycles. The summed E-state index contributed by atoms with van der Waals surface area (Å²) in [6.07, 6.45) is 0.545. The highest BCUT2D eigenvalue weighted by Crippen LogP contribution is 1.95. The van der Waals surface area contributed by atoms with Crippen LogP contribution in [0, 0.1) is 0 Å². The van der Waals surface area contributed by atoms with Crippen LogP contribution in [-0.4, -0.2) is 17.0 Å². The molecular formula is C6H12O2. The standard InChI is InChI=1S/C6H12O2/c1-3-6(8)4-5(2)7/h6,8H,3-4H2,1-2H3. The van der Waals surface area contributed by atoms with Crippen molar-refractivity contribution in [2.75, 3.05) is 0 Å². The Labute approximate surface area is 49.5 Å². The van der Waals surface area contributed by atoms with Gasteiger partial charge in [0.1, 0.15) is 5.78 Å². The molecule has 0 heterocycles. The lowest BCUT2D eigenvalue weighted by atomic mass is 10.1. The molecule has 2 heteroatoms. The van der Waals surface area contributed by atoms with Crippen molar-refractivity contribution in [3.63, 3.8) is 0 Å². The van der Waals surface area contributed by atoms with Crippen molar-refractivity contribution in [1.82, 2.24) is 0 Å². The molecule has 0 amide bonds. The fourth-order valence-corrected chi connectivity index (χ4v) is 0.476. The summed E-state index contributed by atoms with van der Waals surface area (Å²) in [6, 6.07) is 0. The number of carbonyl (C=O) groups excluding carboxylic acids is 1. The van der Waals surface area contributed by atoms with E-state index >= 15 is 0 Å². The van der Waals surface area contributed by atoms with E-state index in [4.69, 9.17) is 5.11 Å². The first-order chi connectivity index (χ1) is 3.66. The van der Waals surface area contributed by atoms with Crippen LogP contribution in [0.2, 0.25) is 0 Å². The van der Waals surface area contributed by atoms with E-state index in [0.29, 0.717) is 12.8 Å². The minimum absolute atomic E-state index is 0.0550. The van der Waals surface area contributed by atoms with E-state index < -0.39 is 6.10 Å². The molecule has 48 valence electrons. The molecule has 0 rings (SSSR count). The van der Waals surface area contributed by atoms with Gasteiger partial charge in [0.25, 0.3) is 0 Å². The first-order valence-electron chi connectivity index (χ1n) is 2.84. The second-order valence-electron chi connectivity index (χ2n) is 1.97. The average molecular weight is 116 g/mol. The molecule has 2 nitrogen and oxygen atoms in total. The van der Waals surface area contributed by atoms with Crippen LogP contribution in [0.25, 0.3) is 0 Å². The van der Waals surface area contributed by atoms with Crippen LogP contribution in [0.15, 0.2) is 0 Å². The van der Waals surface area contributed by atoms with Crippen molar-refractivity contribution in [2.45, 2.75) is 32.8 Å². The number of hydrogen-bond donors (Lipinski definition) is 1. The zero-order valence-electron chi connectivity index (χ0n) is 5.35. The molecule has 0 aliphatic heterocycles. The third kappa shape index (κ3) is 3.81. The van der Waals surface area contributed by atoms with Crippen LogP contribution in [0.5, 0.6) is 0 Å². The topological polar surface area (TPSA) is 37.3 Å². The maximum atomic E-state index is 10.3. The Morgan fingerprint density at radius 2 is 2.25 bits per heavy atom. The average Bonchev–Trinajstić information content (AvgIpc) is 1.65. The van der Waals surface area contributed by atoms with E-state index in [0.717, 1.165) is 0 Å². The zero-order valence-corrected chi connectivity index (χ0v) is 5.35. The first-order valence-corrected chi connectivity index (χ1v) is 2.84. The molecule has 0 spiro atoms. The second kappa shape index (κ2) is 3.61. The quantitative estimate of drug-likeness (QED) is 0.590. The van der Waals surface area contributed by atoms with Crippen LogP contribution in [-0.2, 0) is 4.79 Å². The van der Waals surface area contributed by atoms with Crippen molar-refractivity contribution < 1.29 is 9.90 Å². The van der Waals surface area contributed by atoms with Gasteiger partial charge in [-0.25, -0.2) is 0 Å². The van der Waals surface area contributed by atoms with Crippen LogP contribution in [0.3, 0.4) is 0 Å². The van der Waals surface area contributed by atoms with Crippen molar-refractivity contribution in [3.8, 4) is 0 Å². The van der Waals surface area contributed by atoms with Crippen molar-refractivity contribution in [2.24, 2.45) is 0 Å². The lowest BCUT2D eigenvalue weighted by molar-refractivity contribution is -0.118. The van der Waals surface area contributed by atoms with Gasteiger partial charge in [-0.15, -0.1) is 0 Å². The molecule has 1 atom stereocenters. The Balaban J connectivity index is 3.24. The predicted molar refractivity (Wildman–Crippen MR) is 31.6 cm³/mol. The van der Waals surface area contributed by atoms with E-state index in [-0.39, 0.29) is 5.78 Å². The van der Waals surface area contributed by atoms with Gasteiger partial charge in [-0.2, -0.15) is 0 Å². The summed E-state index contributed by atoms with van der Waals surface area (Å²) in [5.74, 6) is 0.0550. The van der Waals surface area contributed by atoms with E-state index in [9.17, 15) is 4.79 Å². The molecule has 0 aromatic heterocycles. The summed E-state index contributed by atoms with van der Waals surface area (Å²) in [5.41, 5.74) is 0. The molecule has 0 fully saturated rings. The van der Waals surface area contributed by atoms with Gasteiger partial charge in [0.15, 0.2) is 0 Å². The number of aliphatic hydroxyl groups excluding tert-OH is 1. The highest BCUT2D eigenvalue weighted by molar-refractivity contribution is 5.75. The Hall–Kier alpha value is -0.370. The molecular weight excluding hydrogens is 104 g/mol. The highest BCUT2D eigenvalue weighted by Gasteiger charge is 2.01. The SMILES string of the molecule is CCC(O)CC(C)=O. The molecule has 0 saturated heterocycles. The van der Waals surface area contributed by atoms with E-state index in [1.165, 1.54) is 6.92 Å². The Bertz CT molecular complexity index is 78.6. The maximum absolute atomic E-state index is 10.3. The summed E-state index contributed by atoms with van der Waals surface area (Å²) >= 11 is 0. The third-order valence-corrected chi connectivity index (χ3v) is 0.994. The third-order valence-electron chi connectivity index (χ3n) is 0.994. The van der Waals surface area contributed by atoms with Gasteiger partial charge in [0.05, 0.1) is 6.10 Å². The van der Waals surface area contributed by atoms with Gasteiger partial charge in [0.2, 0.25) is 0 Å². The zero-order chi connectivity index (χ0) is 6.57. The number of carbonyl (C=O) groups is 1. The molecule has 0 aliphatic carbocycles. The molecule has 0 aromatic rings. The number of aliphatic hydroxyl groups is 1.